The lowest BCUT2D eigenvalue weighted by Gasteiger charge is -2.06. The van der Waals surface area contributed by atoms with Gasteiger partial charge >= 0.3 is 0 Å². The first-order valence-electron chi connectivity index (χ1n) is 7.73. The molecular formula is C20H14Cl2N2O2. The van der Waals surface area contributed by atoms with E-state index in [0.717, 1.165) is 11.3 Å². The molecule has 0 saturated carbocycles. The summed E-state index contributed by atoms with van der Waals surface area (Å²) in [4.78, 5) is 12.1. The molecule has 3 aromatic rings. The molecule has 26 heavy (non-hydrogen) atoms. The summed E-state index contributed by atoms with van der Waals surface area (Å²) in [7, 11) is 0. The number of nitrogens with zero attached hydrogens (tertiary/aromatic N) is 1. The molecule has 0 spiro atoms. The number of carbonyl (C=O) groups is 1. The van der Waals surface area contributed by atoms with Crippen LogP contribution < -0.4 is 10.2 Å². The van der Waals surface area contributed by atoms with Crippen molar-refractivity contribution >= 4 is 35.3 Å². The number of amides is 1. The molecule has 1 N–H and O–H groups in total. The van der Waals surface area contributed by atoms with Crippen molar-refractivity contribution in [3.8, 4) is 11.5 Å². The van der Waals surface area contributed by atoms with Crippen LogP contribution in [0, 0.1) is 0 Å². The Bertz CT molecular complexity index is 944. The Morgan fingerprint density at radius 3 is 2.46 bits per heavy atom. The largest absolute Gasteiger partial charge is 0.457 e. The van der Waals surface area contributed by atoms with Crippen molar-refractivity contribution in [3.05, 3.63) is 94.0 Å². The minimum Gasteiger partial charge on any atom is -0.457 e. The molecule has 3 rings (SSSR count). The summed E-state index contributed by atoms with van der Waals surface area (Å²) < 4.78 is 5.76. The van der Waals surface area contributed by atoms with Crippen LogP contribution in [-0.2, 0) is 0 Å². The lowest BCUT2D eigenvalue weighted by Crippen LogP contribution is -2.18. The number of para-hydroxylation sites is 1. The second-order valence-corrected chi connectivity index (χ2v) is 6.15. The number of hydrogen-bond donors (Lipinski definition) is 1. The van der Waals surface area contributed by atoms with E-state index in [4.69, 9.17) is 27.9 Å². The van der Waals surface area contributed by atoms with E-state index in [2.05, 4.69) is 10.5 Å². The first-order valence-corrected chi connectivity index (χ1v) is 8.49. The minimum absolute atomic E-state index is 0.267. The van der Waals surface area contributed by atoms with E-state index in [1.807, 2.05) is 54.6 Å². The molecule has 0 heterocycles. The van der Waals surface area contributed by atoms with Gasteiger partial charge in [0.25, 0.3) is 5.91 Å². The zero-order valence-electron chi connectivity index (χ0n) is 13.5. The number of hydrazone groups is 1. The van der Waals surface area contributed by atoms with Gasteiger partial charge in [0, 0.05) is 5.02 Å². The van der Waals surface area contributed by atoms with Gasteiger partial charge in [-0.2, -0.15) is 5.10 Å². The molecule has 130 valence electrons. The number of rotatable bonds is 5. The van der Waals surface area contributed by atoms with Crippen molar-refractivity contribution in [1.82, 2.24) is 5.43 Å². The molecule has 0 bridgehead atoms. The standard InChI is InChI=1S/C20H14Cl2N2O2/c21-15-9-10-18(19(22)12-15)20(25)24-23-13-14-5-4-8-17(11-14)26-16-6-2-1-3-7-16/h1-13H,(H,24,25)/b23-13-. The molecule has 0 radical (unpaired) electrons. The molecule has 1 amide bonds. The predicted molar refractivity (Wildman–Crippen MR) is 104 cm³/mol. The maximum absolute atomic E-state index is 12.1. The van der Waals surface area contributed by atoms with Crippen LogP contribution in [0.3, 0.4) is 0 Å². The normalized spacial score (nSPS) is 10.7. The molecule has 0 aliphatic heterocycles. The Morgan fingerprint density at radius 2 is 1.69 bits per heavy atom. The molecule has 0 unspecified atom stereocenters. The molecule has 0 fully saturated rings. The quantitative estimate of drug-likeness (QED) is 0.463. The SMILES string of the molecule is O=C(N/N=C\c1cccc(Oc2ccccc2)c1)c1ccc(Cl)cc1Cl. The minimum atomic E-state index is -0.417. The second kappa shape index (κ2) is 8.52. The topological polar surface area (TPSA) is 50.7 Å². The third-order valence-corrected chi connectivity index (χ3v) is 3.94. The summed E-state index contributed by atoms with van der Waals surface area (Å²) in [6, 6.07) is 21.5. The van der Waals surface area contributed by atoms with Crippen LogP contribution in [0.25, 0.3) is 0 Å². The van der Waals surface area contributed by atoms with E-state index >= 15 is 0 Å². The Hall–Kier alpha value is -2.82. The highest BCUT2D eigenvalue weighted by Crippen LogP contribution is 2.22. The summed E-state index contributed by atoms with van der Waals surface area (Å²) in [5.41, 5.74) is 3.52. The van der Waals surface area contributed by atoms with Crippen molar-refractivity contribution in [2.75, 3.05) is 0 Å². The summed E-state index contributed by atoms with van der Waals surface area (Å²) in [6.07, 6.45) is 1.53. The van der Waals surface area contributed by atoms with Gasteiger partial charge in [-0.1, -0.05) is 53.5 Å². The highest BCUT2D eigenvalue weighted by molar-refractivity contribution is 6.36. The average Bonchev–Trinajstić information content (AvgIpc) is 2.63. The van der Waals surface area contributed by atoms with Crippen molar-refractivity contribution in [1.29, 1.82) is 0 Å². The number of carbonyl (C=O) groups excluding carboxylic acids is 1. The fraction of sp³-hybridized carbons (Fsp3) is 0. The first kappa shape index (κ1) is 18.0. The van der Waals surface area contributed by atoms with Gasteiger partial charge in [0.05, 0.1) is 16.8 Å². The summed E-state index contributed by atoms with van der Waals surface area (Å²) in [6.45, 7) is 0. The van der Waals surface area contributed by atoms with Crippen LogP contribution in [0.15, 0.2) is 77.9 Å². The van der Waals surface area contributed by atoms with Gasteiger partial charge in [0.15, 0.2) is 0 Å². The van der Waals surface area contributed by atoms with Gasteiger partial charge in [-0.15, -0.1) is 0 Å². The molecule has 4 nitrogen and oxygen atoms in total. The van der Waals surface area contributed by atoms with Crippen LogP contribution in [-0.4, -0.2) is 12.1 Å². The second-order valence-electron chi connectivity index (χ2n) is 5.31. The molecule has 6 heteroatoms. The summed E-state index contributed by atoms with van der Waals surface area (Å²) in [5.74, 6) is 0.999. The maximum Gasteiger partial charge on any atom is 0.272 e. The Balaban J connectivity index is 1.65. The maximum atomic E-state index is 12.1. The molecule has 0 aliphatic rings. The van der Waals surface area contributed by atoms with Crippen molar-refractivity contribution in [2.45, 2.75) is 0 Å². The van der Waals surface area contributed by atoms with Gasteiger partial charge in [0.2, 0.25) is 0 Å². The smallest absolute Gasteiger partial charge is 0.272 e. The fourth-order valence-electron chi connectivity index (χ4n) is 2.18. The van der Waals surface area contributed by atoms with E-state index in [9.17, 15) is 4.79 Å². The molecule has 3 aromatic carbocycles. The van der Waals surface area contributed by atoms with Crippen molar-refractivity contribution < 1.29 is 9.53 Å². The Morgan fingerprint density at radius 1 is 0.923 bits per heavy atom. The van der Waals surface area contributed by atoms with E-state index < -0.39 is 5.91 Å². The van der Waals surface area contributed by atoms with Gasteiger partial charge < -0.3 is 4.74 Å². The lowest BCUT2D eigenvalue weighted by molar-refractivity contribution is 0.0955. The zero-order chi connectivity index (χ0) is 18.4. The first-order chi connectivity index (χ1) is 12.6. The Kier molecular flexibility index (Phi) is 5.89. The summed E-state index contributed by atoms with van der Waals surface area (Å²) in [5, 5.41) is 4.69. The molecule has 0 aromatic heterocycles. The molecular weight excluding hydrogens is 371 g/mol. The van der Waals surface area contributed by atoms with Crippen LogP contribution in [0.2, 0.25) is 10.0 Å². The van der Waals surface area contributed by atoms with E-state index in [1.54, 1.807) is 12.1 Å². The number of hydrogen-bond acceptors (Lipinski definition) is 3. The van der Waals surface area contributed by atoms with E-state index in [0.29, 0.717) is 16.3 Å². The van der Waals surface area contributed by atoms with E-state index in [1.165, 1.54) is 12.3 Å². The van der Waals surface area contributed by atoms with Gasteiger partial charge in [-0.25, -0.2) is 5.43 Å². The number of ether oxygens (including phenoxy) is 1. The van der Waals surface area contributed by atoms with Crippen molar-refractivity contribution in [3.63, 3.8) is 0 Å². The predicted octanol–water partition coefficient (Wildman–Crippen LogP) is 5.55. The van der Waals surface area contributed by atoms with Crippen LogP contribution >= 0.6 is 23.2 Å². The number of halogens is 2. The highest BCUT2D eigenvalue weighted by Gasteiger charge is 2.09. The van der Waals surface area contributed by atoms with E-state index in [-0.39, 0.29) is 5.02 Å². The highest BCUT2D eigenvalue weighted by atomic mass is 35.5. The van der Waals surface area contributed by atoms with Gasteiger partial charge in [-0.3, -0.25) is 4.79 Å². The summed E-state index contributed by atoms with van der Waals surface area (Å²) >= 11 is 11.8. The Labute approximate surface area is 161 Å². The van der Waals surface area contributed by atoms with Crippen LogP contribution in [0.1, 0.15) is 15.9 Å². The monoisotopic (exact) mass is 384 g/mol. The average molecular weight is 385 g/mol. The van der Waals surface area contributed by atoms with Gasteiger partial charge in [-0.05, 0) is 48.0 Å². The fourth-order valence-corrected chi connectivity index (χ4v) is 2.68. The number of benzene rings is 3. The van der Waals surface area contributed by atoms with Gasteiger partial charge in [0.1, 0.15) is 11.5 Å². The number of nitrogens with one attached hydrogen (secondary N) is 1. The third kappa shape index (κ3) is 4.85. The molecule has 0 atom stereocenters. The lowest BCUT2D eigenvalue weighted by atomic mass is 10.2. The zero-order valence-corrected chi connectivity index (χ0v) is 15.0. The molecule has 0 saturated heterocycles. The molecule has 0 aliphatic carbocycles. The van der Waals surface area contributed by atoms with Crippen molar-refractivity contribution in [2.24, 2.45) is 5.10 Å². The van der Waals surface area contributed by atoms with Crippen LogP contribution in [0.5, 0.6) is 11.5 Å². The third-order valence-electron chi connectivity index (χ3n) is 3.39. The van der Waals surface area contributed by atoms with Crippen LogP contribution in [0.4, 0.5) is 0 Å².